The maximum absolute atomic E-state index is 3.47. The molecule has 1 fully saturated rings. The lowest BCUT2D eigenvalue weighted by Crippen LogP contribution is -2.26. The minimum atomic E-state index is 0.796. The molecule has 128 valence electrons. The second-order valence-corrected chi connectivity index (χ2v) is 7.69. The van der Waals surface area contributed by atoms with Crippen molar-refractivity contribution in [3.63, 3.8) is 0 Å². The zero-order chi connectivity index (χ0) is 16.7. The maximum atomic E-state index is 3.47. The van der Waals surface area contributed by atoms with Crippen molar-refractivity contribution in [2.24, 2.45) is 0 Å². The Bertz CT molecular complexity index is 582. The van der Waals surface area contributed by atoms with Gasteiger partial charge in [-0.15, -0.1) is 11.3 Å². The molecule has 1 N–H and O–H groups in total. The number of rotatable bonds is 4. The van der Waals surface area contributed by atoms with E-state index in [4.69, 9.17) is 0 Å². The molecule has 2 nitrogen and oxygen atoms in total. The Hall–Kier alpha value is -0.900. The van der Waals surface area contributed by atoms with Crippen molar-refractivity contribution < 1.29 is 0 Å². The van der Waals surface area contributed by atoms with Gasteiger partial charge in [0, 0.05) is 9.58 Å². The summed E-state index contributed by atoms with van der Waals surface area (Å²) < 4.78 is 1.48. The van der Waals surface area contributed by atoms with E-state index >= 15 is 0 Å². The Balaban J connectivity index is 0.000000338. The van der Waals surface area contributed by atoms with Gasteiger partial charge < -0.3 is 10.2 Å². The predicted octanol–water partition coefficient (Wildman–Crippen LogP) is 4.89. The fourth-order valence-electron chi connectivity index (χ4n) is 3.04. The number of thiophene rings is 1. The average Bonchev–Trinajstić information content (AvgIpc) is 2.95. The summed E-state index contributed by atoms with van der Waals surface area (Å²) in [5, 5.41) is 4.99. The number of nitrogens with zero attached hydrogens (tertiary/aromatic N) is 1. The molecule has 1 aliphatic heterocycles. The Kier molecular flexibility index (Phi) is 7.54. The van der Waals surface area contributed by atoms with Crippen LogP contribution >= 0.6 is 11.3 Å². The summed E-state index contributed by atoms with van der Waals surface area (Å²) in [6.45, 7) is 7.92. The summed E-state index contributed by atoms with van der Waals surface area (Å²) >= 11 is 2.04. The quantitative estimate of drug-likeness (QED) is 0.857. The standard InChI is InChI=1S/C16H21NS.C4H11N/c1-2-5-14-13-6-3-4-7-15(13)18-16(14)12-8-10-17-11-9-12;1-4-5(2)3/h3-4,6-7,12,17H,2,5,8-11H2,1H3;4H2,1-3H3. The van der Waals surface area contributed by atoms with Gasteiger partial charge in [0.25, 0.3) is 0 Å². The molecule has 0 saturated carbocycles. The minimum absolute atomic E-state index is 0.796. The van der Waals surface area contributed by atoms with Gasteiger partial charge in [0.05, 0.1) is 0 Å². The third-order valence-electron chi connectivity index (χ3n) is 4.57. The molecule has 23 heavy (non-hydrogen) atoms. The molecule has 1 aromatic heterocycles. The highest BCUT2D eigenvalue weighted by Gasteiger charge is 2.21. The molecule has 0 unspecified atom stereocenters. The van der Waals surface area contributed by atoms with E-state index in [0.717, 1.165) is 12.5 Å². The normalized spacial score (nSPS) is 15.7. The van der Waals surface area contributed by atoms with Gasteiger partial charge in [0.15, 0.2) is 0 Å². The highest BCUT2D eigenvalue weighted by atomic mass is 32.1. The van der Waals surface area contributed by atoms with Crippen LogP contribution in [-0.4, -0.2) is 38.6 Å². The summed E-state index contributed by atoms with van der Waals surface area (Å²) in [6.07, 6.45) is 5.11. The summed E-state index contributed by atoms with van der Waals surface area (Å²) in [5.41, 5.74) is 1.64. The molecule has 0 spiro atoms. The first-order chi connectivity index (χ1) is 11.2. The van der Waals surface area contributed by atoms with Crippen molar-refractivity contribution in [2.75, 3.05) is 33.7 Å². The molecule has 0 aliphatic carbocycles. The van der Waals surface area contributed by atoms with E-state index in [-0.39, 0.29) is 0 Å². The van der Waals surface area contributed by atoms with Gasteiger partial charge in [-0.3, -0.25) is 0 Å². The fourth-order valence-corrected chi connectivity index (χ4v) is 4.46. The van der Waals surface area contributed by atoms with E-state index < -0.39 is 0 Å². The molecule has 3 heteroatoms. The minimum Gasteiger partial charge on any atom is -0.317 e. The van der Waals surface area contributed by atoms with Gasteiger partial charge in [-0.05, 0) is 75.9 Å². The van der Waals surface area contributed by atoms with Crippen molar-refractivity contribution in [2.45, 2.75) is 45.4 Å². The lowest BCUT2D eigenvalue weighted by molar-refractivity contribution is 0.434. The van der Waals surface area contributed by atoms with E-state index in [1.807, 2.05) is 11.3 Å². The monoisotopic (exact) mass is 332 g/mol. The summed E-state index contributed by atoms with van der Waals surface area (Å²) in [7, 11) is 4.11. The van der Waals surface area contributed by atoms with Crippen LogP contribution in [0.2, 0.25) is 0 Å². The van der Waals surface area contributed by atoms with Crippen LogP contribution in [0.25, 0.3) is 10.1 Å². The molecule has 0 bridgehead atoms. The average molecular weight is 333 g/mol. The first-order valence-electron chi connectivity index (χ1n) is 9.03. The topological polar surface area (TPSA) is 15.3 Å². The van der Waals surface area contributed by atoms with Gasteiger partial charge in [-0.25, -0.2) is 0 Å². The van der Waals surface area contributed by atoms with E-state index in [9.17, 15) is 0 Å². The van der Waals surface area contributed by atoms with Crippen LogP contribution in [0.3, 0.4) is 0 Å². The fraction of sp³-hybridized carbons (Fsp3) is 0.600. The molecule has 2 heterocycles. The number of benzene rings is 1. The number of hydrogen-bond acceptors (Lipinski definition) is 3. The van der Waals surface area contributed by atoms with Crippen LogP contribution < -0.4 is 5.32 Å². The molecule has 2 aromatic rings. The summed E-state index contributed by atoms with van der Waals surface area (Å²) in [4.78, 5) is 3.81. The lowest BCUT2D eigenvalue weighted by atomic mass is 9.91. The molecular formula is C20H32N2S. The highest BCUT2D eigenvalue weighted by Crippen LogP contribution is 2.39. The second-order valence-electron chi connectivity index (χ2n) is 6.61. The number of fused-ring (bicyclic) bond motifs is 1. The molecule has 0 amide bonds. The number of nitrogens with one attached hydrogen (secondary N) is 1. The van der Waals surface area contributed by atoms with Crippen LogP contribution in [0.4, 0.5) is 0 Å². The van der Waals surface area contributed by atoms with E-state index in [2.05, 4.69) is 62.4 Å². The van der Waals surface area contributed by atoms with Crippen LogP contribution in [0.5, 0.6) is 0 Å². The van der Waals surface area contributed by atoms with Crippen LogP contribution in [0.15, 0.2) is 24.3 Å². The molecule has 1 aromatic carbocycles. The molecule has 0 atom stereocenters. The van der Waals surface area contributed by atoms with Gasteiger partial charge in [0.2, 0.25) is 0 Å². The van der Waals surface area contributed by atoms with Crippen LogP contribution in [-0.2, 0) is 6.42 Å². The smallest absolute Gasteiger partial charge is 0.0348 e. The van der Waals surface area contributed by atoms with Gasteiger partial charge in [-0.2, -0.15) is 0 Å². The Labute approximate surface area is 145 Å². The Morgan fingerprint density at radius 2 is 1.78 bits per heavy atom. The number of piperidine rings is 1. The number of aryl methyl sites for hydroxylation is 1. The van der Waals surface area contributed by atoms with Crippen LogP contribution in [0, 0.1) is 0 Å². The molecule has 3 rings (SSSR count). The van der Waals surface area contributed by atoms with Gasteiger partial charge in [-0.1, -0.05) is 38.5 Å². The molecule has 0 radical (unpaired) electrons. The van der Waals surface area contributed by atoms with E-state index in [1.165, 1.54) is 48.9 Å². The van der Waals surface area contributed by atoms with Crippen molar-refractivity contribution >= 4 is 21.4 Å². The van der Waals surface area contributed by atoms with Crippen molar-refractivity contribution in [3.05, 3.63) is 34.7 Å². The second kappa shape index (κ2) is 9.41. The lowest BCUT2D eigenvalue weighted by Gasteiger charge is -2.22. The van der Waals surface area contributed by atoms with Crippen molar-refractivity contribution in [1.29, 1.82) is 0 Å². The Morgan fingerprint density at radius 3 is 2.39 bits per heavy atom. The highest BCUT2D eigenvalue weighted by molar-refractivity contribution is 7.19. The first-order valence-corrected chi connectivity index (χ1v) is 9.84. The first kappa shape index (κ1) is 18.4. The third kappa shape index (κ3) is 5.03. The van der Waals surface area contributed by atoms with Gasteiger partial charge in [0.1, 0.15) is 0 Å². The molecule has 1 aliphatic rings. The maximum Gasteiger partial charge on any atom is 0.0348 e. The SMILES string of the molecule is CCCc1c(C2CCNCC2)sc2ccccc12.CCN(C)C. The molecular weight excluding hydrogens is 300 g/mol. The van der Waals surface area contributed by atoms with E-state index in [1.54, 1.807) is 10.4 Å². The number of hydrogen-bond donors (Lipinski definition) is 1. The Morgan fingerprint density at radius 1 is 1.13 bits per heavy atom. The third-order valence-corrected chi connectivity index (χ3v) is 5.95. The summed E-state index contributed by atoms with van der Waals surface area (Å²) in [6, 6.07) is 8.94. The van der Waals surface area contributed by atoms with E-state index in [0.29, 0.717) is 0 Å². The van der Waals surface area contributed by atoms with Crippen molar-refractivity contribution in [3.8, 4) is 0 Å². The van der Waals surface area contributed by atoms with Crippen molar-refractivity contribution in [1.82, 2.24) is 10.2 Å². The zero-order valence-electron chi connectivity index (χ0n) is 15.2. The van der Waals surface area contributed by atoms with Gasteiger partial charge >= 0.3 is 0 Å². The van der Waals surface area contributed by atoms with Crippen LogP contribution in [0.1, 0.15) is 49.5 Å². The molecule has 1 saturated heterocycles. The summed E-state index contributed by atoms with van der Waals surface area (Å²) in [5.74, 6) is 0.796. The largest absolute Gasteiger partial charge is 0.317 e. The predicted molar refractivity (Wildman–Crippen MR) is 105 cm³/mol. The zero-order valence-corrected chi connectivity index (χ0v) is 16.0.